The highest BCUT2D eigenvalue weighted by Gasteiger charge is 2.23. The lowest BCUT2D eigenvalue weighted by Gasteiger charge is -2.31. The smallest absolute Gasteiger partial charge is 0.287 e. The van der Waals surface area contributed by atoms with Crippen LogP contribution in [-0.2, 0) is 28.7 Å². The SMILES string of the molecule is CC1CCCN(Cc2ccccc2CNC(=O)c2occc2CS(=O)(=O)c2ccccc2)C1. The standard InChI is InChI=1S/C26H30N2O4S/c1-20-8-7-14-28(17-20)18-22-10-6-5-9-21(22)16-27-26(29)25-23(13-15-32-25)19-33(30,31)24-11-3-2-4-12-24/h2-6,9-13,15,20H,7-8,14,16-19H2,1H3,(H,27,29). The molecule has 1 atom stereocenters. The number of likely N-dealkylation sites (tertiary alicyclic amines) is 1. The summed E-state index contributed by atoms with van der Waals surface area (Å²) in [5, 5.41) is 2.91. The predicted molar refractivity (Wildman–Crippen MR) is 127 cm³/mol. The van der Waals surface area contributed by atoms with Crippen molar-refractivity contribution in [2.75, 3.05) is 13.1 Å². The molecule has 1 unspecified atom stereocenters. The number of amides is 1. The van der Waals surface area contributed by atoms with E-state index in [2.05, 4.69) is 23.2 Å². The minimum absolute atomic E-state index is 0.0387. The summed E-state index contributed by atoms with van der Waals surface area (Å²) in [6.45, 7) is 5.68. The Morgan fingerprint density at radius 1 is 1.03 bits per heavy atom. The predicted octanol–water partition coefficient (Wildman–Crippen LogP) is 4.42. The van der Waals surface area contributed by atoms with Gasteiger partial charge in [0.1, 0.15) is 0 Å². The van der Waals surface area contributed by atoms with Crippen molar-refractivity contribution in [1.29, 1.82) is 0 Å². The van der Waals surface area contributed by atoms with Gasteiger partial charge in [0.05, 0.1) is 16.9 Å². The Hall–Kier alpha value is -2.90. The molecular formula is C26H30N2O4S. The minimum Gasteiger partial charge on any atom is -0.459 e. The molecule has 7 heteroatoms. The van der Waals surface area contributed by atoms with Gasteiger partial charge in [-0.3, -0.25) is 9.69 Å². The zero-order valence-electron chi connectivity index (χ0n) is 18.9. The fraction of sp³-hybridized carbons (Fsp3) is 0.346. The fourth-order valence-electron chi connectivity index (χ4n) is 4.38. The van der Waals surface area contributed by atoms with Crippen LogP contribution in [0.15, 0.2) is 76.2 Å². The zero-order chi connectivity index (χ0) is 23.3. The molecule has 6 nitrogen and oxygen atoms in total. The van der Waals surface area contributed by atoms with Crippen LogP contribution in [0.25, 0.3) is 0 Å². The van der Waals surface area contributed by atoms with Crippen molar-refractivity contribution in [3.8, 4) is 0 Å². The van der Waals surface area contributed by atoms with E-state index in [1.54, 1.807) is 36.4 Å². The van der Waals surface area contributed by atoms with Crippen LogP contribution in [0.2, 0.25) is 0 Å². The molecule has 0 aliphatic carbocycles. The summed E-state index contributed by atoms with van der Waals surface area (Å²) in [6, 6.07) is 17.9. The van der Waals surface area contributed by atoms with Crippen molar-refractivity contribution in [2.24, 2.45) is 5.92 Å². The van der Waals surface area contributed by atoms with Gasteiger partial charge in [-0.2, -0.15) is 0 Å². The third-order valence-electron chi connectivity index (χ3n) is 6.09. The topological polar surface area (TPSA) is 79.6 Å². The Morgan fingerprint density at radius 3 is 2.52 bits per heavy atom. The molecule has 174 valence electrons. The van der Waals surface area contributed by atoms with Crippen molar-refractivity contribution in [1.82, 2.24) is 10.2 Å². The van der Waals surface area contributed by atoms with E-state index in [0.717, 1.165) is 25.2 Å². The van der Waals surface area contributed by atoms with Gasteiger partial charge in [0.2, 0.25) is 0 Å². The molecule has 3 aromatic rings. The quantitative estimate of drug-likeness (QED) is 0.532. The van der Waals surface area contributed by atoms with Gasteiger partial charge in [-0.05, 0) is 54.6 Å². The second-order valence-corrected chi connectivity index (χ2v) is 10.8. The Morgan fingerprint density at radius 2 is 1.76 bits per heavy atom. The van der Waals surface area contributed by atoms with Crippen molar-refractivity contribution in [3.63, 3.8) is 0 Å². The first kappa shape index (κ1) is 23.3. The van der Waals surface area contributed by atoms with E-state index in [1.807, 2.05) is 18.2 Å². The normalized spacial score (nSPS) is 17.1. The van der Waals surface area contributed by atoms with Gasteiger partial charge >= 0.3 is 0 Å². The van der Waals surface area contributed by atoms with E-state index in [0.29, 0.717) is 18.0 Å². The summed E-state index contributed by atoms with van der Waals surface area (Å²) >= 11 is 0. The summed E-state index contributed by atoms with van der Waals surface area (Å²) in [7, 11) is -3.58. The van der Waals surface area contributed by atoms with E-state index >= 15 is 0 Å². The summed E-state index contributed by atoms with van der Waals surface area (Å²) in [6.07, 6.45) is 3.85. The molecule has 1 aromatic heterocycles. The second-order valence-electron chi connectivity index (χ2n) is 8.78. The highest BCUT2D eigenvalue weighted by Crippen LogP contribution is 2.21. The first-order valence-corrected chi connectivity index (χ1v) is 13.0. The molecule has 1 saturated heterocycles. The molecule has 2 aromatic carbocycles. The number of hydrogen-bond donors (Lipinski definition) is 1. The van der Waals surface area contributed by atoms with Crippen LogP contribution in [0.3, 0.4) is 0 Å². The Kier molecular flexibility index (Phi) is 7.30. The third-order valence-corrected chi connectivity index (χ3v) is 7.78. The van der Waals surface area contributed by atoms with Crippen molar-refractivity contribution < 1.29 is 17.6 Å². The van der Waals surface area contributed by atoms with Crippen molar-refractivity contribution in [2.45, 2.75) is 43.5 Å². The Bertz CT molecular complexity index is 1190. The van der Waals surface area contributed by atoms with Crippen LogP contribution < -0.4 is 5.32 Å². The average molecular weight is 467 g/mol. The molecule has 1 aliphatic heterocycles. The number of nitrogens with zero attached hydrogens (tertiary/aromatic N) is 1. The summed E-state index contributed by atoms with van der Waals surface area (Å²) in [5.41, 5.74) is 2.60. The Labute approximate surface area is 195 Å². The lowest BCUT2D eigenvalue weighted by Crippen LogP contribution is -2.34. The lowest BCUT2D eigenvalue weighted by atomic mass is 9.99. The largest absolute Gasteiger partial charge is 0.459 e. The van der Waals surface area contributed by atoms with Gasteiger partial charge in [-0.1, -0.05) is 49.4 Å². The third kappa shape index (κ3) is 5.92. The number of furan rings is 1. The maximum absolute atomic E-state index is 12.9. The molecule has 1 N–H and O–H groups in total. The number of carbonyl (C=O) groups excluding carboxylic acids is 1. The number of carbonyl (C=O) groups is 1. The maximum Gasteiger partial charge on any atom is 0.287 e. The Balaban J connectivity index is 1.42. The van der Waals surface area contributed by atoms with Crippen LogP contribution in [0.5, 0.6) is 0 Å². The van der Waals surface area contributed by atoms with Gasteiger partial charge < -0.3 is 9.73 Å². The monoisotopic (exact) mass is 466 g/mol. The van der Waals surface area contributed by atoms with E-state index in [-0.39, 0.29) is 16.4 Å². The number of rotatable bonds is 8. The molecule has 33 heavy (non-hydrogen) atoms. The van der Waals surface area contributed by atoms with Gasteiger partial charge in [-0.15, -0.1) is 0 Å². The lowest BCUT2D eigenvalue weighted by molar-refractivity contribution is 0.0922. The highest BCUT2D eigenvalue weighted by atomic mass is 32.2. The van der Waals surface area contributed by atoms with E-state index in [1.165, 1.54) is 24.7 Å². The van der Waals surface area contributed by atoms with E-state index in [9.17, 15) is 13.2 Å². The van der Waals surface area contributed by atoms with Gasteiger partial charge in [0, 0.05) is 25.2 Å². The summed E-state index contributed by atoms with van der Waals surface area (Å²) in [4.78, 5) is 15.5. The highest BCUT2D eigenvalue weighted by molar-refractivity contribution is 7.90. The van der Waals surface area contributed by atoms with Crippen LogP contribution in [0, 0.1) is 5.92 Å². The summed E-state index contributed by atoms with van der Waals surface area (Å²) in [5.74, 6) is 0.0339. The van der Waals surface area contributed by atoms with E-state index < -0.39 is 15.7 Å². The molecule has 1 fully saturated rings. The van der Waals surface area contributed by atoms with E-state index in [4.69, 9.17) is 4.42 Å². The first-order chi connectivity index (χ1) is 15.9. The summed E-state index contributed by atoms with van der Waals surface area (Å²) < 4.78 is 30.8. The van der Waals surface area contributed by atoms with Gasteiger partial charge in [0.15, 0.2) is 15.6 Å². The molecule has 0 bridgehead atoms. The van der Waals surface area contributed by atoms with Crippen LogP contribution in [-0.4, -0.2) is 32.3 Å². The molecule has 0 saturated carbocycles. The van der Waals surface area contributed by atoms with Crippen LogP contribution >= 0.6 is 0 Å². The molecular weight excluding hydrogens is 436 g/mol. The van der Waals surface area contributed by atoms with Crippen LogP contribution in [0.1, 0.15) is 47.0 Å². The molecule has 1 amide bonds. The molecule has 0 radical (unpaired) electrons. The number of piperidine rings is 1. The number of nitrogens with one attached hydrogen (secondary N) is 1. The number of sulfone groups is 1. The molecule has 0 spiro atoms. The first-order valence-electron chi connectivity index (χ1n) is 11.3. The zero-order valence-corrected chi connectivity index (χ0v) is 19.7. The molecule has 2 heterocycles. The second kappa shape index (κ2) is 10.4. The molecule has 4 rings (SSSR count). The van der Waals surface area contributed by atoms with Crippen molar-refractivity contribution >= 4 is 15.7 Å². The molecule has 1 aliphatic rings. The van der Waals surface area contributed by atoms with Crippen molar-refractivity contribution in [3.05, 3.63) is 89.4 Å². The number of benzene rings is 2. The van der Waals surface area contributed by atoms with Gasteiger partial charge in [0.25, 0.3) is 5.91 Å². The minimum atomic E-state index is -3.58. The fourth-order valence-corrected chi connectivity index (χ4v) is 5.75. The van der Waals surface area contributed by atoms with Gasteiger partial charge in [-0.25, -0.2) is 8.42 Å². The average Bonchev–Trinajstić information content (AvgIpc) is 3.26. The van der Waals surface area contributed by atoms with Crippen LogP contribution in [0.4, 0.5) is 0 Å². The number of hydrogen-bond acceptors (Lipinski definition) is 5. The maximum atomic E-state index is 12.9.